The first-order chi connectivity index (χ1) is 9.13. The number of aliphatic imine (C=N–C) groups is 2. The molecule has 0 heterocycles. The third-order valence-corrected chi connectivity index (χ3v) is 3.47. The minimum atomic E-state index is -0.0870. The van der Waals surface area contributed by atoms with Crippen molar-refractivity contribution in [2.24, 2.45) is 21.3 Å². The van der Waals surface area contributed by atoms with E-state index in [9.17, 15) is 4.79 Å². The zero-order chi connectivity index (χ0) is 14.3. The second-order valence-corrected chi connectivity index (χ2v) is 4.83. The molecule has 1 fully saturated rings. The smallest absolute Gasteiger partial charge is 0.158 e. The van der Waals surface area contributed by atoms with Gasteiger partial charge in [0.25, 0.3) is 0 Å². The maximum Gasteiger partial charge on any atom is 0.158 e. The number of aldehydes is 1. The van der Waals surface area contributed by atoms with Gasteiger partial charge in [-0.3, -0.25) is 9.98 Å². The second-order valence-electron chi connectivity index (χ2n) is 4.83. The highest BCUT2D eigenvalue weighted by atomic mass is 16.5. The van der Waals surface area contributed by atoms with Crippen LogP contribution >= 0.6 is 0 Å². The minimum absolute atomic E-state index is 0.0758. The van der Waals surface area contributed by atoms with Gasteiger partial charge in [0.1, 0.15) is 6.29 Å². The van der Waals surface area contributed by atoms with Gasteiger partial charge in [0.05, 0.1) is 18.5 Å². The Morgan fingerprint density at radius 2 is 2.32 bits per heavy atom. The molecular formula is C15H22N2O2. The molecule has 1 aliphatic carbocycles. The second kappa shape index (κ2) is 7.02. The normalized spacial score (nSPS) is 26.7. The molecule has 0 amide bonds. The minimum Gasteiger partial charge on any atom is -0.489 e. The molecule has 4 heteroatoms. The number of nitrogens with zero attached hydrogens (tertiary/aromatic N) is 2. The number of hydrogen-bond acceptors (Lipinski definition) is 4. The molecule has 0 spiro atoms. The Labute approximate surface area is 115 Å². The van der Waals surface area contributed by atoms with Gasteiger partial charge in [0.15, 0.2) is 5.76 Å². The molecule has 0 saturated heterocycles. The molecule has 0 bridgehead atoms. The average molecular weight is 262 g/mol. The van der Waals surface area contributed by atoms with E-state index in [0.29, 0.717) is 24.6 Å². The van der Waals surface area contributed by atoms with Crippen molar-refractivity contribution in [3.63, 3.8) is 0 Å². The monoisotopic (exact) mass is 262 g/mol. The fourth-order valence-electron chi connectivity index (χ4n) is 2.03. The maximum atomic E-state index is 10.9. The quantitative estimate of drug-likeness (QED) is 0.278. The summed E-state index contributed by atoms with van der Waals surface area (Å²) in [5, 5.41) is 0. The van der Waals surface area contributed by atoms with Gasteiger partial charge in [-0.25, -0.2) is 0 Å². The third-order valence-electron chi connectivity index (χ3n) is 3.47. The first-order valence-electron chi connectivity index (χ1n) is 6.50. The molecule has 0 aromatic rings. The van der Waals surface area contributed by atoms with Crippen LogP contribution in [0.15, 0.2) is 34.1 Å². The van der Waals surface area contributed by atoms with Crippen LogP contribution in [0.3, 0.4) is 0 Å². The van der Waals surface area contributed by atoms with Gasteiger partial charge in [-0.15, -0.1) is 6.58 Å². The Kier molecular flexibility index (Phi) is 5.67. The lowest BCUT2D eigenvalue weighted by molar-refractivity contribution is -0.109. The molecule has 0 unspecified atom stereocenters. The van der Waals surface area contributed by atoms with Crippen molar-refractivity contribution in [1.82, 2.24) is 0 Å². The predicted molar refractivity (Wildman–Crippen MR) is 78.7 cm³/mol. The standard InChI is InChI=1S/C15H22N2O2/c1-5-7-15(8-13(15)10-18)11-19-14(9-17-6-2)12(3)16-4/h5,9-10,13H,1,4,6-8,11H2,2-3H3/b14-12+,17-9?/t13-,15+/m0/s1. The lowest BCUT2D eigenvalue weighted by Crippen LogP contribution is -2.14. The Morgan fingerprint density at radius 3 is 2.79 bits per heavy atom. The summed E-state index contributed by atoms with van der Waals surface area (Å²) < 4.78 is 5.80. The highest BCUT2D eigenvalue weighted by molar-refractivity contribution is 5.77. The van der Waals surface area contributed by atoms with Gasteiger partial charge in [-0.2, -0.15) is 0 Å². The first-order valence-corrected chi connectivity index (χ1v) is 6.50. The van der Waals surface area contributed by atoms with E-state index >= 15 is 0 Å². The number of ether oxygens (including phenoxy) is 1. The molecule has 0 radical (unpaired) electrons. The zero-order valence-corrected chi connectivity index (χ0v) is 11.8. The van der Waals surface area contributed by atoms with E-state index in [1.165, 1.54) is 0 Å². The summed E-state index contributed by atoms with van der Waals surface area (Å²) in [4.78, 5) is 18.9. The molecule has 2 atom stereocenters. The molecule has 0 aromatic carbocycles. The molecule has 0 aromatic heterocycles. The number of hydrogen-bond donors (Lipinski definition) is 0. The Morgan fingerprint density at radius 1 is 1.58 bits per heavy atom. The van der Waals surface area contributed by atoms with Crippen LogP contribution < -0.4 is 0 Å². The lowest BCUT2D eigenvalue weighted by Gasteiger charge is -2.16. The third kappa shape index (κ3) is 3.88. The van der Waals surface area contributed by atoms with Crippen LogP contribution in [0.5, 0.6) is 0 Å². The van der Waals surface area contributed by atoms with E-state index < -0.39 is 0 Å². The number of rotatable bonds is 9. The van der Waals surface area contributed by atoms with Gasteiger partial charge in [0, 0.05) is 17.9 Å². The Hall–Kier alpha value is -1.71. The molecule has 104 valence electrons. The summed E-state index contributed by atoms with van der Waals surface area (Å²) in [6.45, 7) is 12.2. The Balaban J connectivity index is 2.71. The SMILES string of the molecule is C=CC[C@]1(CO/C(C=NCC)=C(\C)N=C)C[C@H]1C=O. The summed E-state index contributed by atoms with van der Waals surface area (Å²) in [6.07, 6.45) is 6.17. The van der Waals surface area contributed by atoms with Gasteiger partial charge < -0.3 is 9.53 Å². The average Bonchev–Trinajstić information content (AvgIpc) is 3.12. The zero-order valence-electron chi connectivity index (χ0n) is 11.8. The number of allylic oxidation sites excluding steroid dienone is 3. The van der Waals surface area contributed by atoms with E-state index in [2.05, 4.69) is 23.3 Å². The summed E-state index contributed by atoms with van der Waals surface area (Å²) in [5.74, 6) is 0.698. The van der Waals surface area contributed by atoms with Crippen molar-refractivity contribution in [3.8, 4) is 0 Å². The fraction of sp³-hybridized carbons (Fsp3) is 0.533. The van der Waals surface area contributed by atoms with E-state index in [1.54, 1.807) is 6.21 Å². The molecule has 19 heavy (non-hydrogen) atoms. The van der Waals surface area contributed by atoms with Gasteiger partial charge in [-0.1, -0.05) is 6.08 Å². The summed E-state index contributed by atoms with van der Waals surface area (Å²) in [5.41, 5.74) is 0.616. The van der Waals surface area contributed by atoms with Crippen LogP contribution in [0.2, 0.25) is 0 Å². The van der Waals surface area contributed by atoms with Crippen LogP contribution in [0.4, 0.5) is 0 Å². The molecule has 1 rings (SSSR count). The topological polar surface area (TPSA) is 51.0 Å². The fourth-order valence-corrected chi connectivity index (χ4v) is 2.03. The van der Waals surface area contributed by atoms with Gasteiger partial charge in [0.2, 0.25) is 0 Å². The van der Waals surface area contributed by atoms with Crippen molar-refractivity contribution in [3.05, 3.63) is 24.1 Å². The molecule has 0 N–H and O–H groups in total. The van der Waals surface area contributed by atoms with E-state index in [0.717, 1.165) is 19.1 Å². The summed E-state index contributed by atoms with van der Waals surface area (Å²) >= 11 is 0. The molecule has 1 aliphatic rings. The first kappa shape index (κ1) is 15.3. The van der Waals surface area contributed by atoms with E-state index in [-0.39, 0.29) is 11.3 Å². The van der Waals surface area contributed by atoms with Crippen LogP contribution in [-0.2, 0) is 9.53 Å². The molecule has 1 saturated carbocycles. The van der Waals surface area contributed by atoms with Crippen molar-refractivity contribution >= 4 is 19.2 Å². The van der Waals surface area contributed by atoms with Crippen LogP contribution in [0.1, 0.15) is 26.7 Å². The number of carbonyl (C=O) groups is 1. The van der Waals surface area contributed by atoms with Crippen LogP contribution in [0.25, 0.3) is 0 Å². The highest BCUT2D eigenvalue weighted by Gasteiger charge is 2.53. The van der Waals surface area contributed by atoms with E-state index in [4.69, 9.17) is 4.74 Å². The predicted octanol–water partition coefficient (Wildman–Crippen LogP) is 2.81. The molecule has 4 nitrogen and oxygen atoms in total. The summed E-state index contributed by atoms with van der Waals surface area (Å²) in [7, 11) is 0. The van der Waals surface area contributed by atoms with Gasteiger partial charge in [-0.05, 0) is 33.4 Å². The van der Waals surface area contributed by atoms with Crippen molar-refractivity contribution < 1.29 is 9.53 Å². The Bertz CT molecular complexity index is 412. The summed E-state index contributed by atoms with van der Waals surface area (Å²) in [6, 6.07) is 0. The van der Waals surface area contributed by atoms with Crippen LogP contribution in [0, 0.1) is 11.3 Å². The van der Waals surface area contributed by atoms with Crippen molar-refractivity contribution in [1.29, 1.82) is 0 Å². The van der Waals surface area contributed by atoms with Crippen LogP contribution in [-0.4, -0.2) is 32.4 Å². The molecular weight excluding hydrogens is 240 g/mol. The largest absolute Gasteiger partial charge is 0.489 e. The van der Waals surface area contributed by atoms with E-state index in [1.807, 2.05) is 19.9 Å². The van der Waals surface area contributed by atoms with Crippen molar-refractivity contribution in [2.45, 2.75) is 26.7 Å². The maximum absolute atomic E-state index is 10.9. The lowest BCUT2D eigenvalue weighted by atomic mass is 10.0. The van der Waals surface area contributed by atoms with Gasteiger partial charge >= 0.3 is 0 Å². The number of carbonyl (C=O) groups excluding carboxylic acids is 1. The highest BCUT2D eigenvalue weighted by Crippen LogP contribution is 2.54. The molecule has 0 aliphatic heterocycles. The van der Waals surface area contributed by atoms with Crippen molar-refractivity contribution in [2.75, 3.05) is 13.2 Å².